The van der Waals surface area contributed by atoms with Gasteiger partial charge < -0.3 is 9.55 Å². The highest BCUT2D eigenvalue weighted by atomic mass is 14.9. The zero-order chi connectivity index (χ0) is 18.7. The van der Waals surface area contributed by atoms with E-state index < -0.39 is 0 Å². The highest BCUT2D eigenvalue weighted by Crippen LogP contribution is 2.32. The molecule has 6 rings (SSSR count). The summed E-state index contributed by atoms with van der Waals surface area (Å²) in [4.78, 5) is 3.56. The molecule has 0 radical (unpaired) electrons. The van der Waals surface area contributed by atoms with Crippen molar-refractivity contribution in [2.45, 2.75) is 6.42 Å². The van der Waals surface area contributed by atoms with E-state index >= 15 is 0 Å². The molecule has 0 aliphatic rings. The molecule has 2 heteroatoms. The lowest BCUT2D eigenvalue weighted by molar-refractivity contribution is 1.01. The molecular formula is C26H20N2. The monoisotopic (exact) mass is 360 g/mol. The van der Waals surface area contributed by atoms with Gasteiger partial charge in [0.05, 0.1) is 0 Å². The molecular weight excluding hydrogens is 340 g/mol. The van der Waals surface area contributed by atoms with Crippen LogP contribution >= 0.6 is 0 Å². The third-order valence-corrected chi connectivity index (χ3v) is 5.99. The van der Waals surface area contributed by atoms with Crippen LogP contribution in [0.3, 0.4) is 0 Å². The number of nitrogens with zero attached hydrogens (tertiary/aromatic N) is 1. The summed E-state index contributed by atoms with van der Waals surface area (Å²) in [7, 11) is 2.16. The van der Waals surface area contributed by atoms with Gasteiger partial charge in [-0.15, -0.1) is 0 Å². The maximum absolute atomic E-state index is 3.56. The van der Waals surface area contributed by atoms with Crippen LogP contribution in [0.4, 0.5) is 0 Å². The summed E-state index contributed by atoms with van der Waals surface area (Å²) in [5, 5.41) is 5.30. The zero-order valence-electron chi connectivity index (χ0n) is 15.7. The van der Waals surface area contributed by atoms with Crippen LogP contribution < -0.4 is 0 Å². The topological polar surface area (TPSA) is 20.7 Å². The lowest BCUT2D eigenvalue weighted by Gasteiger charge is -2.06. The van der Waals surface area contributed by atoms with E-state index in [1.165, 1.54) is 54.7 Å². The van der Waals surface area contributed by atoms with Crippen LogP contribution in [0.25, 0.3) is 43.6 Å². The fourth-order valence-corrected chi connectivity index (χ4v) is 4.66. The number of aromatic amines is 1. The van der Waals surface area contributed by atoms with Gasteiger partial charge in [0.25, 0.3) is 0 Å². The minimum absolute atomic E-state index is 0.927. The Kier molecular flexibility index (Phi) is 3.18. The van der Waals surface area contributed by atoms with Crippen molar-refractivity contribution in [1.29, 1.82) is 0 Å². The van der Waals surface area contributed by atoms with E-state index in [-0.39, 0.29) is 0 Å². The number of aryl methyl sites for hydroxylation is 1. The molecule has 2 aromatic heterocycles. The third kappa shape index (κ3) is 2.15. The average molecular weight is 360 g/mol. The van der Waals surface area contributed by atoms with Crippen molar-refractivity contribution in [3.05, 3.63) is 96.1 Å². The Morgan fingerprint density at radius 1 is 0.679 bits per heavy atom. The molecule has 6 aromatic rings. The number of hydrogen-bond acceptors (Lipinski definition) is 0. The summed E-state index contributed by atoms with van der Waals surface area (Å²) >= 11 is 0. The molecule has 134 valence electrons. The Morgan fingerprint density at radius 2 is 1.43 bits per heavy atom. The normalized spacial score (nSPS) is 11.9. The molecule has 1 N–H and O–H groups in total. The van der Waals surface area contributed by atoms with Crippen LogP contribution in [-0.4, -0.2) is 9.55 Å². The number of rotatable bonds is 2. The first-order chi connectivity index (χ1) is 13.8. The van der Waals surface area contributed by atoms with Gasteiger partial charge in [0, 0.05) is 50.7 Å². The van der Waals surface area contributed by atoms with Gasteiger partial charge in [0.15, 0.2) is 0 Å². The van der Waals surface area contributed by atoms with Gasteiger partial charge in [0.2, 0.25) is 0 Å². The summed E-state index contributed by atoms with van der Waals surface area (Å²) in [6.07, 6.45) is 0.927. The molecule has 0 aliphatic heterocycles. The summed E-state index contributed by atoms with van der Waals surface area (Å²) in [6, 6.07) is 30.7. The van der Waals surface area contributed by atoms with E-state index in [0.717, 1.165) is 6.42 Å². The molecule has 2 heterocycles. The maximum Gasteiger partial charge on any atom is 0.0491 e. The van der Waals surface area contributed by atoms with E-state index in [1.54, 1.807) is 0 Å². The van der Waals surface area contributed by atoms with E-state index in [2.05, 4.69) is 102 Å². The Morgan fingerprint density at radius 3 is 2.36 bits per heavy atom. The number of para-hydroxylation sites is 2. The van der Waals surface area contributed by atoms with Crippen LogP contribution in [0.15, 0.2) is 84.9 Å². The largest absolute Gasteiger partial charge is 0.355 e. The average Bonchev–Trinajstić information content (AvgIpc) is 3.25. The predicted octanol–water partition coefficient (Wildman–Crippen LogP) is 6.56. The summed E-state index contributed by atoms with van der Waals surface area (Å²) in [6.45, 7) is 0. The van der Waals surface area contributed by atoms with Crippen molar-refractivity contribution in [1.82, 2.24) is 9.55 Å². The maximum atomic E-state index is 3.56. The smallest absolute Gasteiger partial charge is 0.0491 e. The fourth-order valence-electron chi connectivity index (χ4n) is 4.66. The second-order valence-electron chi connectivity index (χ2n) is 7.61. The van der Waals surface area contributed by atoms with E-state index in [0.29, 0.717) is 0 Å². The number of aromatic nitrogens is 2. The number of hydrogen-bond donors (Lipinski definition) is 1. The number of benzene rings is 4. The van der Waals surface area contributed by atoms with Crippen molar-refractivity contribution in [2.75, 3.05) is 0 Å². The first-order valence-electron chi connectivity index (χ1n) is 9.74. The minimum atomic E-state index is 0.927. The fraction of sp³-hybridized carbons (Fsp3) is 0.0769. The number of fused-ring (bicyclic) bond motifs is 6. The van der Waals surface area contributed by atoms with Crippen molar-refractivity contribution < 1.29 is 0 Å². The Hall–Kier alpha value is -3.52. The van der Waals surface area contributed by atoms with Crippen LogP contribution in [0, 0.1) is 0 Å². The van der Waals surface area contributed by atoms with Crippen molar-refractivity contribution >= 4 is 43.6 Å². The van der Waals surface area contributed by atoms with Crippen LogP contribution in [0.2, 0.25) is 0 Å². The van der Waals surface area contributed by atoms with E-state index in [9.17, 15) is 0 Å². The highest BCUT2D eigenvalue weighted by molar-refractivity contribution is 6.09. The Bertz CT molecular complexity index is 1500. The Labute approximate surface area is 163 Å². The van der Waals surface area contributed by atoms with Gasteiger partial charge in [-0.05, 0) is 41.8 Å². The lowest BCUT2D eigenvalue weighted by atomic mass is 9.98. The molecule has 0 saturated heterocycles. The van der Waals surface area contributed by atoms with E-state index in [1.807, 2.05) is 0 Å². The second kappa shape index (κ2) is 5.74. The molecule has 0 unspecified atom stereocenters. The molecule has 0 bridgehead atoms. The summed E-state index contributed by atoms with van der Waals surface area (Å²) < 4.78 is 2.31. The lowest BCUT2D eigenvalue weighted by Crippen LogP contribution is -1.91. The Balaban J connectivity index is 1.54. The standard InChI is InChI=1S/C26H20N2/c1-28-24-12-5-3-8-19(24)20-14-13-17(16-25(20)28)15-18-7-6-11-23-26(18)21-9-2-4-10-22(21)27-23/h2-14,16,27H,15H2,1H3. The molecule has 0 atom stereocenters. The number of nitrogens with one attached hydrogen (secondary N) is 1. The predicted molar refractivity (Wildman–Crippen MR) is 119 cm³/mol. The van der Waals surface area contributed by atoms with Crippen LogP contribution in [0.5, 0.6) is 0 Å². The van der Waals surface area contributed by atoms with Gasteiger partial charge in [0.1, 0.15) is 0 Å². The molecule has 0 spiro atoms. The van der Waals surface area contributed by atoms with Gasteiger partial charge in [-0.2, -0.15) is 0 Å². The number of H-pyrrole nitrogens is 1. The second-order valence-corrected chi connectivity index (χ2v) is 7.61. The zero-order valence-corrected chi connectivity index (χ0v) is 15.7. The highest BCUT2D eigenvalue weighted by Gasteiger charge is 2.11. The molecule has 4 aromatic carbocycles. The SMILES string of the molecule is Cn1c2ccccc2c2ccc(Cc3cccc4[nH]c5ccccc5c34)cc21. The van der Waals surface area contributed by atoms with Crippen LogP contribution in [-0.2, 0) is 13.5 Å². The molecule has 0 fully saturated rings. The van der Waals surface area contributed by atoms with Gasteiger partial charge >= 0.3 is 0 Å². The summed E-state index contributed by atoms with van der Waals surface area (Å²) in [5.74, 6) is 0. The van der Waals surface area contributed by atoms with E-state index in [4.69, 9.17) is 0 Å². The van der Waals surface area contributed by atoms with Crippen molar-refractivity contribution in [3.8, 4) is 0 Å². The van der Waals surface area contributed by atoms with Gasteiger partial charge in [-0.25, -0.2) is 0 Å². The minimum Gasteiger partial charge on any atom is -0.355 e. The van der Waals surface area contributed by atoms with Crippen molar-refractivity contribution in [2.24, 2.45) is 7.05 Å². The molecule has 2 nitrogen and oxygen atoms in total. The van der Waals surface area contributed by atoms with Gasteiger partial charge in [-0.1, -0.05) is 60.7 Å². The van der Waals surface area contributed by atoms with Crippen LogP contribution in [0.1, 0.15) is 11.1 Å². The first kappa shape index (κ1) is 15.5. The molecule has 0 aliphatic carbocycles. The summed E-state index contributed by atoms with van der Waals surface area (Å²) in [5.41, 5.74) is 7.71. The van der Waals surface area contributed by atoms with Crippen molar-refractivity contribution in [3.63, 3.8) is 0 Å². The molecule has 28 heavy (non-hydrogen) atoms. The first-order valence-corrected chi connectivity index (χ1v) is 9.74. The molecule has 0 amide bonds. The quantitative estimate of drug-likeness (QED) is 0.361. The van der Waals surface area contributed by atoms with Gasteiger partial charge in [-0.3, -0.25) is 0 Å². The molecule has 0 saturated carbocycles. The third-order valence-electron chi connectivity index (χ3n) is 5.99.